The molecule has 168 valence electrons. The second-order valence-electron chi connectivity index (χ2n) is 7.19. The third-order valence-electron chi connectivity index (χ3n) is 4.97. The molecule has 33 heavy (non-hydrogen) atoms. The largest absolute Gasteiger partial charge is 0.497 e. The lowest BCUT2D eigenvalue weighted by molar-refractivity contribution is -0.122. The molecule has 1 saturated heterocycles. The van der Waals surface area contributed by atoms with E-state index in [-0.39, 0.29) is 5.91 Å². The minimum Gasteiger partial charge on any atom is -0.497 e. The molecule has 0 saturated carbocycles. The fourth-order valence-corrected chi connectivity index (χ4v) is 4.88. The minimum atomic E-state index is -0.129. The molecule has 0 bridgehead atoms. The molecule has 1 fully saturated rings. The smallest absolute Gasteiger partial charge is 0.266 e. The number of hydrogen-bond donors (Lipinski definition) is 0. The number of carbonyl (C=O) groups excluding carboxylic acids is 1. The first-order valence-corrected chi connectivity index (χ1v) is 12.0. The third kappa shape index (κ3) is 5.71. The average molecular weight is 516 g/mol. The Morgan fingerprint density at radius 3 is 2.48 bits per heavy atom. The van der Waals surface area contributed by atoms with E-state index < -0.39 is 0 Å². The van der Waals surface area contributed by atoms with E-state index in [4.69, 9.17) is 44.9 Å². The Labute approximate surface area is 212 Å². The van der Waals surface area contributed by atoms with Crippen LogP contribution in [0, 0.1) is 0 Å². The van der Waals surface area contributed by atoms with Crippen LogP contribution >= 0.6 is 47.2 Å². The van der Waals surface area contributed by atoms with Crippen molar-refractivity contribution in [1.82, 2.24) is 4.90 Å². The van der Waals surface area contributed by atoms with E-state index in [1.165, 1.54) is 11.8 Å². The molecule has 0 N–H and O–H groups in total. The molecule has 3 aromatic rings. The molecular weight excluding hydrogens is 497 g/mol. The molecule has 0 atom stereocenters. The molecule has 8 heteroatoms. The van der Waals surface area contributed by atoms with E-state index in [1.807, 2.05) is 54.6 Å². The Hall–Kier alpha value is -2.51. The monoisotopic (exact) mass is 515 g/mol. The number of methoxy groups -OCH3 is 1. The standard InChI is InChI=1S/C25H19Cl2NO3S2/c1-30-19-9-6-16(7-10-19)14-28-24(29)23(33-25(28)32)13-17-8-11-22(21(27)12-17)31-15-18-4-2-3-5-20(18)26/h2-13H,14-15H2,1H3/b23-13-. The van der Waals surface area contributed by atoms with E-state index >= 15 is 0 Å². The molecule has 1 amide bonds. The van der Waals surface area contributed by atoms with Gasteiger partial charge in [-0.15, -0.1) is 0 Å². The number of rotatable bonds is 7. The lowest BCUT2D eigenvalue weighted by Gasteiger charge is -2.14. The molecule has 1 aliphatic heterocycles. The number of benzene rings is 3. The highest BCUT2D eigenvalue weighted by atomic mass is 35.5. The van der Waals surface area contributed by atoms with E-state index in [0.717, 1.165) is 22.4 Å². The van der Waals surface area contributed by atoms with Crippen molar-refractivity contribution in [3.05, 3.63) is 98.4 Å². The molecule has 0 spiro atoms. The zero-order valence-electron chi connectivity index (χ0n) is 17.6. The molecule has 3 aromatic carbocycles. The van der Waals surface area contributed by atoms with Gasteiger partial charge in [0.15, 0.2) is 0 Å². The molecule has 1 aliphatic rings. The van der Waals surface area contributed by atoms with Crippen LogP contribution in [0.2, 0.25) is 10.0 Å². The first kappa shape index (κ1) is 23.6. The fourth-order valence-electron chi connectivity index (χ4n) is 3.20. The first-order valence-electron chi connectivity index (χ1n) is 9.98. The van der Waals surface area contributed by atoms with E-state index in [1.54, 1.807) is 30.2 Å². The van der Waals surface area contributed by atoms with Crippen LogP contribution in [0.25, 0.3) is 6.08 Å². The number of ether oxygens (including phenoxy) is 2. The van der Waals surface area contributed by atoms with Crippen LogP contribution in [-0.4, -0.2) is 22.2 Å². The molecule has 0 unspecified atom stereocenters. The van der Waals surface area contributed by atoms with Gasteiger partial charge in [0.05, 0.1) is 23.6 Å². The summed E-state index contributed by atoms with van der Waals surface area (Å²) in [5.74, 6) is 1.18. The van der Waals surface area contributed by atoms with Crippen LogP contribution in [0.5, 0.6) is 11.5 Å². The maximum absolute atomic E-state index is 12.9. The van der Waals surface area contributed by atoms with Crippen molar-refractivity contribution in [1.29, 1.82) is 0 Å². The summed E-state index contributed by atoms with van der Waals surface area (Å²) in [6, 6.07) is 20.4. The Morgan fingerprint density at radius 2 is 1.79 bits per heavy atom. The number of hydrogen-bond acceptors (Lipinski definition) is 5. The lowest BCUT2D eigenvalue weighted by Crippen LogP contribution is -2.27. The normalized spacial score (nSPS) is 14.8. The van der Waals surface area contributed by atoms with Crippen LogP contribution in [0.15, 0.2) is 71.6 Å². The molecule has 0 aliphatic carbocycles. The number of thioether (sulfide) groups is 1. The SMILES string of the molecule is COc1ccc(CN2C(=O)/C(=C/c3ccc(OCc4ccccc4Cl)c(Cl)c3)SC2=S)cc1. The minimum absolute atomic E-state index is 0.129. The summed E-state index contributed by atoms with van der Waals surface area (Å²) in [4.78, 5) is 15.1. The Kier molecular flexibility index (Phi) is 7.60. The number of amides is 1. The highest BCUT2D eigenvalue weighted by Gasteiger charge is 2.32. The highest BCUT2D eigenvalue weighted by molar-refractivity contribution is 8.26. The molecule has 1 heterocycles. The van der Waals surface area contributed by atoms with Gasteiger partial charge in [0.2, 0.25) is 0 Å². The quantitative estimate of drug-likeness (QED) is 0.250. The second-order valence-corrected chi connectivity index (χ2v) is 9.68. The van der Waals surface area contributed by atoms with Crippen LogP contribution in [0.3, 0.4) is 0 Å². The van der Waals surface area contributed by atoms with E-state index in [0.29, 0.717) is 38.2 Å². The van der Waals surface area contributed by atoms with Gasteiger partial charge in [0.25, 0.3) is 5.91 Å². The van der Waals surface area contributed by atoms with Gasteiger partial charge in [0.1, 0.15) is 22.4 Å². The Bertz CT molecular complexity index is 1230. The van der Waals surface area contributed by atoms with E-state index in [9.17, 15) is 4.79 Å². The zero-order valence-corrected chi connectivity index (χ0v) is 20.7. The van der Waals surface area contributed by atoms with Crippen molar-refractivity contribution in [2.24, 2.45) is 0 Å². The first-order chi connectivity index (χ1) is 15.9. The number of thiocarbonyl (C=S) groups is 1. The zero-order chi connectivity index (χ0) is 23.4. The third-order valence-corrected chi connectivity index (χ3v) is 7.01. The van der Waals surface area contributed by atoms with Crippen molar-refractivity contribution in [2.75, 3.05) is 7.11 Å². The maximum Gasteiger partial charge on any atom is 0.266 e. The second kappa shape index (κ2) is 10.6. The maximum atomic E-state index is 12.9. The van der Waals surface area contributed by atoms with Crippen molar-refractivity contribution in [3.8, 4) is 11.5 Å². The molecule has 0 aromatic heterocycles. The predicted octanol–water partition coefficient (Wildman–Crippen LogP) is 6.98. The molecule has 0 radical (unpaired) electrons. The van der Waals surface area contributed by atoms with Crippen molar-refractivity contribution >= 4 is 63.5 Å². The van der Waals surface area contributed by atoms with Crippen molar-refractivity contribution < 1.29 is 14.3 Å². The van der Waals surface area contributed by atoms with Crippen LogP contribution in [0.1, 0.15) is 16.7 Å². The molecule has 4 nitrogen and oxygen atoms in total. The highest BCUT2D eigenvalue weighted by Crippen LogP contribution is 2.35. The van der Waals surface area contributed by atoms with Gasteiger partial charge in [-0.2, -0.15) is 0 Å². The summed E-state index contributed by atoms with van der Waals surface area (Å²) < 4.78 is 11.5. The fraction of sp³-hybridized carbons (Fsp3) is 0.120. The number of carbonyl (C=O) groups is 1. The summed E-state index contributed by atoms with van der Waals surface area (Å²) in [5.41, 5.74) is 2.63. The van der Waals surface area contributed by atoms with Gasteiger partial charge in [-0.1, -0.05) is 83.6 Å². The van der Waals surface area contributed by atoms with Crippen LogP contribution in [0.4, 0.5) is 0 Å². The topological polar surface area (TPSA) is 38.8 Å². The summed E-state index contributed by atoms with van der Waals surface area (Å²) >= 11 is 19.3. The van der Waals surface area contributed by atoms with Gasteiger partial charge in [-0.25, -0.2) is 0 Å². The Balaban J connectivity index is 1.44. The van der Waals surface area contributed by atoms with Crippen molar-refractivity contribution in [2.45, 2.75) is 13.2 Å². The van der Waals surface area contributed by atoms with Gasteiger partial charge in [0, 0.05) is 10.6 Å². The Morgan fingerprint density at radius 1 is 1.03 bits per heavy atom. The number of halogens is 2. The van der Waals surface area contributed by atoms with Gasteiger partial charge < -0.3 is 9.47 Å². The lowest BCUT2D eigenvalue weighted by atomic mass is 10.2. The van der Waals surface area contributed by atoms with E-state index in [2.05, 4.69) is 0 Å². The van der Waals surface area contributed by atoms with Crippen LogP contribution < -0.4 is 9.47 Å². The summed E-state index contributed by atoms with van der Waals surface area (Å²) in [7, 11) is 1.62. The van der Waals surface area contributed by atoms with Gasteiger partial charge in [-0.05, 0) is 47.5 Å². The molecule has 4 rings (SSSR count). The predicted molar refractivity (Wildman–Crippen MR) is 139 cm³/mol. The summed E-state index contributed by atoms with van der Waals surface area (Å²) in [5, 5.41) is 1.09. The molecular formula is C25H19Cl2NO3S2. The number of nitrogens with zero attached hydrogens (tertiary/aromatic N) is 1. The summed E-state index contributed by atoms with van der Waals surface area (Å²) in [6.45, 7) is 0.713. The summed E-state index contributed by atoms with van der Waals surface area (Å²) in [6.07, 6.45) is 1.79. The van der Waals surface area contributed by atoms with Crippen molar-refractivity contribution in [3.63, 3.8) is 0 Å². The average Bonchev–Trinajstić information content (AvgIpc) is 3.07. The van der Waals surface area contributed by atoms with Gasteiger partial charge >= 0.3 is 0 Å². The van der Waals surface area contributed by atoms with Gasteiger partial charge in [-0.3, -0.25) is 9.69 Å². The van der Waals surface area contributed by atoms with Crippen LogP contribution in [-0.2, 0) is 17.9 Å².